The zero-order valence-corrected chi connectivity index (χ0v) is 12.6. The van der Waals surface area contributed by atoms with Gasteiger partial charge in [-0.25, -0.2) is 0 Å². The molecule has 1 aromatic carbocycles. The van der Waals surface area contributed by atoms with Gasteiger partial charge in [-0.15, -0.1) is 12.4 Å². The van der Waals surface area contributed by atoms with Gasteiger partial charge in [0.1, 0.15) is 12.4 Å². The lowest BCUT2D eigenvalue weighted by atomic mass is 10.2. The first kappa shape index (κ1) is 18.7. The number of rotatable bonds is 9. The van der Waals surface area contributed by atoms with Gasteiger partial charge in [-0.05, 0) is 43.7 Å². The number of carbonyl (C=O) groups is 1. The first-order chi connectivity index (χ1) is 9.27. The second kappa shape index (κ2) is 11.5. The minimum Gasteiger partial charge on any atom is -0.491 e. The average Bonchev–Trinajstić information content (AvgIpc) is 2.44. The Bertz CT molecular complexity index is 371. The highest BCUT2D eigenvalue weighted by molar-refractivity contribution is 5.94. The maximum atomic E-state index is 11.8. The van der Waals surface area contributed by atoms with Gasteiger partial charge in [0.2, 0.25) is 0 Å². The molecule has 5 nitrogen and oxygen atoms in total. The van der Waals surface area contributed by atoms with Crippen LogP contribution < -0.4 is 15.8 Å². The zero-order chi connectivity index (χ0) is 13.9. The number of ether oxygens (including phenoxy) is 2. The maximum Gasteiger partial charge on any atom is 0.251 e. The molecule has 0 bridgehead atoms. The number of unbranched alkanes of at least 4 members (excludes halogenated alkanes) is 1. The van der Waals surface area contributed by atoms with Crippen LogP contribution >= 0.6 is 12.4 Å². The summed E-state index contributed by atoms with van der Waals surface area (Å²) in [4.78, 5) is 11.8. The van der Waals surface area contributed by atoms with Crippen molar-refractivity contribution in [2.45, 2.75) is 12.8 Å². The summed E-state index contributed by atoms with van der Waals surface area (Å²) in [5.74, 6) is 0.664. The van der Waals surface area contributed by atoms with Crippen LogP contribution in [0.25, 0.3) is 0 Å². The lowest BCUT2D eigenvalue weighted by Crippen LogP contribution is -2.24. The Balaban J connectivity index is 0.00000361. The molecule has 0 aromatic heterocycles. The first-order valence-electron chi connectivity index (χ1n) is 6.48. The second-order valence-electron chi connectivity index (χ2n) is 4.12. The summed E-state index contributed by atoms with van der Waals surface area (Å²) >= 11 is 0. The van der Waals surface area contributed by atoms with Crippen molar-refractivity contribution in [3.8, 4) is 5.75 Å². The quantitative estimate of drug-likeness (QED) is 0.680. The summed E-state index contributed by atoms with van der Waals surface area (Å²) in [5, 5.41) is 2.85. The summed E-state index contributed by atoms with van der Waals surface area (Å²) in [6.07, 6.45) is 1.83. The molecule has 0 aliphatic rings. The Labute approximate surface area is 126 Å². The number of carbonyl (C=O) groups excluding carboxylic acids is 1. The molecule has 0 heterocycles. The van der Waals surface area contributed by atoms with E-state index in [1.807, 2.05) is 0 Å². The molecule has 1 rings (SSSR count). The van der Waals surface area contributed by atoms with Crippen LogP contribution in [0, 0.1) is 0 Å². The number of methoxy groups -OCH3 is 1. The minimum atomic E-state index is -0.0690. The van der Waals surface area contributed by atoms with Crippen molar-refractivity contribution in [3.05, 3.63) is 29.8 Å². The normalized spacial score (nSPS) is 9.70. The van der Waals surface area contributed by atoms with E-state index >= 15 is 0 Å². The summed E-state index contributed by atoms with van der Waals surface area (Å²) in [6, 6.07) is 7.07. The van der Waals surface area contributed by atoms with E-state index in [2.05, 4.69) is 5.32 Å². The second-order valence-corrected chi connectivity index (χ2v) is 4.12. The summed E-state index contributed by atoms with van der Waals surface area (Å²) < 4.78 is 10.3. The lowest BCUT2D eigenvalue weighted by Gasteiger charge is -2.07. The molecule has 1 aromatic rings. The smallest absolute Gasteiger partial charge is 0.251 e. The van der Waals surface area contributed by atoms with Crippen molar-refractivity contribution in [1.82, 2.24) is 5.32 Å². The molecule has 0 fully saturated rings. The van der Waals surface area contributed by atoms with E-state index in [9.17, 15) is 4.79 Å². The van der Waals surface area contributed by atoms with Crippen LogP contribution in [0.4, 0.5) is 0 Å². The lowest BCUT2D eigenvalue weighted by molar-refractivity contribution is 0.0953. The fraction of sp³-hybridized carbons (Fsp3) is 0.500. The van der Waals surface area contributed by atoms with Crippen LogP contribution in [-0.4, -0.2) is 39.3 Å². The number of hydrogen-bond acceptors (Lipinski definition) is 4. The Morgan fingerprint density at radius 2 is 1.90 bits per heavy atom. The Kier molecular flexibility index (Phi) is 10.8. The molecule has 20 heavy (non-hydrogen) atoms. The van der Waals surface area contributed by atoms with Gasteiger partial charge in [0, 0.05) is 19.2 Å². The van der Waals surface area contributed by atoms with E-state index in [0.717, 1.165) is 18.6 Å². The van der Waals surface area contributed by atoms with Gasteiger partial charge in [-0.3, -0.25) is 4.79 Å². The van der Waals surface area contributed by atoms with Crippen molar-refractivity contribution < 1.29 is 14.3 Å². The van der Waals surface area contributed by atoms with Gasteiger partial charge in [-0.2, -0.15) is 0 Å². The molecule has 0 spiro atoms. The third-order valence-corrected chi connectivity index (χ3v) is 2.59. The van der Waals surface area contributed by atoms with E-state index in [1.54, 1.807) is 31.4 Å². The predicted molar refractivity (Wildman–Crippen MR) is 81.7 cm³/mol. The summed E-state index contributed by atoms with van der Waals surface area (Å²) in [6.45, 7) is 2.36. The SMILES string of the molecule is COCCOc1ccc(C(=O)NCCCCN)cc1.Cl. The molecule has 6 heteroatoms. The molecule has 0 aliphatic carbocycles. The van der Waals surface area contributed by atoms with E-state index in [1.165, 1.54) is 0 Å². The topological polar surface area (TPSA) is 73.6 Å². The number of amides is 1. The fourth-order valence-corrected chi connectivity index (χ4v) is 1.52. The Morgan fingerprint density at radius 3 is 2.50 bits per heavy atom. The molecule has 0 aliphatic heterocycles. The van der Waals surface area contributed by atoms with Gasteiger partial charge in [0.15, 0.2) is 0 Å². The minimum absolute atomic E-state index is 0. The molecule has 114 valence electrons. The van der Waals surface area contributed by atoms with Crippen LogP contribution in [0.3, 0.4) is 0 Å². The van der Waals surface area contributed by atoms with E-state index in [0.29, 0.717) is 31.9 Å². The average molecular weight is 303 g/mol. The molecule has 3 N–H and O–H groups in total. The molecule has 0 saturated carbocycles. The highest BCUT2D eigenvalue weighted by atomic mass is 35.5. The van der Waals surface area contributed by atoms with Crippen molar-refractivity contribution in [3.63, 3.8) is 0 Å². The van der Waals surface area contributed by atoms with Crippen molar-refractivity contribution in [2.75, 3.05) is 33.4 Å². The molecular weight excluding hydrogens is 280 g/mol. The van der Waals surface area contributed by atoms with Crippen LogP contribution in [0.15, 0.2) is 24.3 Å². The number of benzene rings is 1. The molecule has 0 radical (unpaired) electrons. The van der Waals surface area contributed by atoms with E-state index in [4.69, 9.17) is 15.2 Å². The highest BCUT2D eigenvalue weighted by Gasteiger charge is 2.04. The van der Waals surface area contributed by atoms with Gasteiger partial charge in [0.05, 0.1) is 6.61 Å². The van der Waals surface area contributed by atoms with Crippen molar-refractivity contribution in [2.24, 2.45) is 5.73 Å². The molecule has 0 atom stereocenters. The van der Waals surface area contributed by atoms with Crippen molar-refractivity contribution >= 4 is 18.3 Å². The first-order valence-corrected chi connectivity index (χ1v) is 6.48. The van der Waals surface area contributed by atoms with E-state index < -0.39 is 0 Å². The predicted octanol–water partition coefficient (Wildman–Crippen LogP) is 1.60. The van der Waals surface area contributed by atoms with Gasteiger partial charge in [0.25, 0.3) is 5.91 Å². The van der Waals surface area contributed by atoms with Gasteiger partial charge >= 0.3 is 0 Å². The third kappa shape index (κ3) is 7.33. The largest absolute Gasteiger partial charge is 0.491 e. The zero-order valence-electron chi connectivity index (χ0n) is 11.8. The Hall–Kier alpha value is -1.30. The molecule has 0 saturated heterocycles. The summed E-state index contributed by atoms with van der Waals surface area (Å²) in [5.41, 5.74) is 6.02. The third-order valence-electron chi connectivity index (χ3n) is 2.59. The van der Waals surface area contributed by atoms with Crippen LogP contribution in [0.5, 0.6) is 5.75 Å². The molecular formula is C14H23ClN2O3. The molecule has 1 amide bonds. The maximum absolute atomic E-state index is 11.8. The van der Waals surface area contributed by atoms with Crippen LogP contribution in [0.1, 0.15) is 23.2 Å². The van der Waals surface area contributed by atoms with Gasteiger partial charge in [-0.1, -0.05) is 0 Å². The van der Waals surface area contributed by atoms with Crippen LogP contribution in [-0.2, 0) is 4.74 Å². The standard InChI is InChI=1S/C14H22N2O3.ClH/c1-18-10-11-19-13-6-4-12(5-7-13)14(17)16-9-3-2-8-15;/h4-7H,2-3,8-11,15H2,1H3,(H,16,17);1H. The number of hydrogen-bond donors (Lipinski definition) is 2. The van der Waals surface area contributed by atoms with Gasteiger partial charge < -0.3 is 20.5 Å². The monoisotopic (exact) mass is 302 g/mol. The van der Waals surface area contributed by atoms with E-state index in [-0.39, 0.29) is 18.3 Å². The number of nitrogens with two attached hydrogens (primary N) is 1. The Morgan fingerprint density at radius 1 is 1.20 bits per heavy atom. The summed E-state index contributed by atoms with van der Waals surface area (Å²) in [7, 11) is 1.63. The molecule has 0 unspecified atom stereocenters. The van der Waals surface area contributed by atoms with Crippen molar-refractivity contribution in [1.29, 1.82) is 0 Å². The fourth-order valence-electron chi connectivity index (χ4n) is 1.52. The van der Waals surface area contributed by atoms with Crippen LogP contribution in [0.2, 0.25) is 0 Å². The number of halogens is 1. The number of nitrogens with one attached hydrogen (secondary N) is 1. The highest BCUT2D eigenvalue weighted by Crippen LogP contribution is 2.12.